The summed E-state index contributed by atoms with van der Waals surface area (Å²) in [6.07, 6.45) is 2.53. The van der Waals surface area contributed by atoms with Crippen LogP contribution in [0.25, 0.3) is 0 Å². The number of hydrogen-bond acceptors (Lipinski definition) is 4. The van der Waals surface area contributed by atoms with Crippen LogP contribution in [0.2, 0.25) is 0 Å². The van der Waals surface area contributed by atoms with Gasteiger partial charge in [-0.2, -0.15) is 0 Å². The quantitative estimate of drug-likeness (QED) is 0.794. The first-order valence-electron chi connectivity index (χ1n) is 5.35. The largest absolute Gasteiger partial charge is 0.481 e. The Labute approximate surface area is 90.1 Å². The normalized spacial score (nSPS) is 20.1. The molecule has 15 heavy (non-hydrogen) atoms. The molecule has 4 heteroatoms. The maximum absolute atomic E-state index is 5.26. The van der Waals surface area contributed by atoms with Crippen molar-refractivity contribution in [3.63, 3.8) is 0 Å². The minimum atomic E-state index is 0.325. The molecule has 0 saturated heterocycles. The monoisotopic (exact) mass is 207 g/mol. The van der Waals surface area contributed by atoms with Gasteiger partial charge in [0.25, 0.3) is 0 Å². The molecule has 2 rings (SSSR count). The Balaban J connectivity index is 2.44. The van der Waals surface area contributed by atoms with Crippen LogP contribution in [0.4, 0.5) is 0 Å². The number of fused-ring (bicyclic) bond motifs is 1. The highest BCUT2D eigenvalue weighted by atomic mass is 16.5. The van der Waals surface area contributed by atoms with Crippen molar-refractivity contribution in [2.75, 3.05) is 13.7 Å². The zero-order chi connectivity index (χ0) is 10.8. The number of aromatic nitrogens is 2. The van der Waals surface area contributed by atoms with E-state index in [4.69, 9.17) is 4.74 Å². The molecule has 1 aromatic heterocycles. The number of nitrogens with zero attached hydrogens (tertiary/aromatic N) is 2. The average molecular weight is 207 g/mol. The van der Waals surface area contributed by atoms with Crippen molar-refractivity contribution in [3.05, 3.63) is 17.6 Å². The second-order valence-corrected chi connectivity index (χ2v) is 4.17. The topological polar surface area (TPSA) is 47.0 Å². The fraction of sp³-hybridized carbons (Fsp3) is 0.636. The molecule has 0 spiro atoms. The smallest absolute Gasteiger partial charge is 0.219 e. The summed E-state index contributed by atoms with van der Waals surface area (Å²) in [6.45, 7) is 5.36. The van der Waals surface area contributed by atoms with E-state index in [2.05, 4.69) is 29.1 Å². The average Bonchev–Trinajstić information content (AvgIpc) is 2.27. The van der Waals surface area contributed by atoms with Gasteiger partial charge in [-0.1, -0.05) is 13.8 Å². The first-order chi connectivity index (χ1) is 7.24. The summed E-state index contributed by atoms with van der Waals surface area (Å²) in [6, 6.07) is 0.325. The van der Waals surface area contributed by atoms with Crippen LogP contribution in [-0.2, 0) is 6.42 Å². The lowest BCUT2D eigenvalue weighted by Crippen LogP contribution is -2.34. The van der Waals surface area contributed by atoms with E-state index in [0.717, 1.165) is 30.1 Å². The zero-order valence-electron chi connectivity index (χ0n) is 9.45. The van der Waals surface area contributed by atoms with Gasteiger partial charge in [0.15, 0.2) is 0 Å². The molecule has 1 aliphatic rings. The number of nitrogens with one attached hydrogen (secondary N) is 1. The summed E-state index contributed by atoms with van der Waals surface area (Å²) in [5.41, 5.74) is 2.26. The zero-order valence-corrected chi connectivity index (χ0v) is 9.45. The van der Waals surface area contributed by atoms with Gasteiger partial charge in [-0.05, 0) is 12.3 Å². The Kier molecular flexibility index (Phi) is 2.86. The Morgan fingerprint density at radius 2 is 2.27 bits per heavy atom. The second-order valence-electron chi connectivity index (χ2n) is 4.17. The third kappa shape index (κ3) is 1.81. The van der Waals surface area contributed by atoms with E-state index >= 15 is 0 Å². The van der Waals surface area contributed by atoms with Crippen LogP contribution in [0.1, 0.15) is 31.1 Å². The molecular formula is C11H17N3O. The number of hydrogen-bond donors (Lipinski definition) is 1. The molecule has 0 saturated carbocycles. The van der Waals surface area contributed by atoms with Crippen molar-refractivity contribution in [2.24, 2.45) is 5.92 Å². The molecule has 4 nitrogen and oxygen atoms in total. The Morgan fingerprint density at radius 1 is 1.47 bits per heavy atom. The van der Waals surface area contributed by atoms with Gasteiger partial charge in [-0.15, -0.1) is 0 Å². The van der Waals surface area contributed by atoms with Gasteiger partial charge in [0.05, 0.1) is 18.8 Å². The van der Waals surface area contributed by atoms with E-state index in [1.54, 1.807) is 13.4 Å². The van der Waals surface area contributed by atoms with Crippen LogP contribution in [0.5, 0.6) is 5.88 Å². The lowest BCUT2D eigenvalue weighted by molar-refractivity contribution is 0.356. The van der Waals surface area contributed by atoms with E-state index in [0.29, 0.717) is 12.0 Å². The van der Waals surface area contributed by atoms with Crippen molar-refractivity contribution in [1.29, 1.82) is 0 Å². The van der Waals surface area contributed by atoms with Gasteiger partial charge in [-0.3, -0.25) is 0 Å². The standard InChI is InChI=1S/C11H17N3O/c1-7(2)9-10-8(4-5-12-9)11(15-3)14-6-13-10/h6-7,9,12H,4-5H2,1-3H3. The fourth-order valence-electron chi connectivity index (χ4n) is 2.09. The Hall–Kier alpha value is -1.16. The van der Waals surface area contributed by atoms with Crippen LogP contribution in [0.15, 0.2) is 6.33 Å². The molecule has 0 amide bonds. The van der Waals surface area contributed by atoms with Crippen molar-refractivity contribution < 1.29 is 4.74 Å². The van der Waals surface area contributed by atoms with Gasteiger partial charge in [0, 0.05) is 12.1 Å². The summed E-state index contributed by atoms with van der Waals surface area (Å²) in [5.74, 6) is 1.26. The van der Waals surface area contributed by atoms with Crippen LogP contribution in [-0.4, -0.2) is 23.6 Å². The summed E-state index contributed by atoms with van der Waals surface area (Å²) >= 11 is 0. The van der Waals surface area contributed by atoms with Crippen LogP contribution in [0, 0.1) is 5.92 Å². The first kappa shape index (κ1) is 10.4. The molecule has 0 radical (unpaired) electrons. The van der Waals surface area contributed by atoms with Gasteiger partial charge in [0.1, 0.15) is 6.33 Å². The molecular weight excluding hydrogens is 190 g/mol. The third-order valence-corrected chi connectivity index (χ3v) is 2.83. The van der Waals surface area contributed by atoms with Crippen LogP contribution >= 0.6 is 0 Å². The maximum Gasteiger partial charge on any atom is 0.219 e. The fourth-order valence-corrected chi connectivity index (χ4v) is 2.09. The molecule has 1 unspecified atom stereocenters. The Morgan fingerprint density at radius 3 is 2.93 bits per heavy atom. The molecule has 2 heterocycles. The minimum Gasteiger partial charge on any atom is -0.481 e. The van der Waals surface area contributed by atoms with E-state index in [-0.39, 0.29) is 0 Å². The summed E-state index contributed by atoms with van der Waals surface area (Å²) in [5, 5.41) is 3.48. The van der Waals surface area contributed by atoms with Crippen molar-refractivity contribution in [2.45, 2.75) is 26.3 Å². The van der Waals surface area contributed by atoms with E-state index in [9.17, 15) is 0 Å². The number of rotatable bonds is 2. The number of methoxy groups -OCH3 is 1. The predicted molar refractivity (Wildman–Crippen MR) is 57.9 cm³/mol. The summed E-state index contributed by atoms with van der Waals surface area (Å²) < 4.78 is 5.26. The first-order valence-corrected chi connectivity index (χ1v) is 5.35. The highest BCUT2D eigenvalue weighted by Crippen LogP contribution is 2.30. The maximum atomic E-state index is 5.26. The van der Waals surface area contributed by atoms with Crippen LogP contribution in [0.3, 0.4) is 0 Å². The second kappa shape index (κ2) is 4.14. The number of ether oxygens (including phenoxy) is 1. The lowest BCUT2D eigenvalue weighted by Gasteiger charge is -2.28. The van der Waals surface area contributed by atoms with E-state index in [1.807, 2.05) is 0 Å². The van der Waals surface area contributed by atoms with Gasteiger partial charge in [0.2, 0.25) is 5.88 Å². The van der Waals surface area contributed by atoms with Crippen molar-refractivity contribution in [1.82, 2.24) is 15.3 Å². The molecule has 0 fully saturated rings. The molecule has 1 aliphatic heterocycles. The molecule has 1 N–H and O–H groups in total. The van der Waals surface area contributed by atoms with Crippen molar-refractivity contribution in [3.8, 4) is 5.88 Å². The van der Waals surface area contributed by atoms with Crippen molar-refractivity contribution >= 4 is 0 Å². The molecule has 0 aromatic carbocycles. The predicted octanol–water partition coefficient (Wildman–Crippen LogP) is 1.33. The highest BCUT2D eigenvalue weighted by Gasteiger charge is 2.26. The summed E-state index contributed by atoms with van der Waals surface area (Å²) in [7, 11) is 1.66. The minimum absolute atomic E-state index is 0.325. The van der Waals surface area contributed by atoms with E-state index < -0.39 is 0 Å². The Bertz CT molecular complexity index is 352. The highest BCUT2D eigenvalue weighted by molar-refractivity contribution is 5.34. The van der Waals surface area contributed by atoms with Crippen LogP contribution < -0.4 is 10.1 Å². The van der Waals surface area contributed by atoms with Gasteiger partial charge in [-0.25, -0.2) is 9.97 Å². The molecule has 0 aliphatic carbocycles. The van der Waals surface area contributed by atoms with E-state index in [1.165, 1.54) is 0 Å². The summed E-state index contributed by atoms with van der Waals surface area (Å²) in [4.78, 5) is 8.52. The molecule has 1 atom stereocenters. The molecule has 82 valence electrons. The molecule has 1 aromatic rings. The van der Waals surface area contributed by atoms with Gasteiger partial charge >= 0.3 is 0 Å². The molecule has 0 bridgehead atoms. The third-order valence-electron chi connectivity index (χ3n) is 2.83. The van der Waals surface area contributed by atoms with Gasteiger partial charge < -0.3 is 10.1 Å². The SMILES string of the molecule is COc1ncnc2c1CCNC2C(C)C. The lowest BCUT2D eigenvalue weighted by atomic mass is 9.93.